The molecule has 124 valence electrons. The number of pyridine rings is 2. The van der Waals surface area contributed by atoms with Gasteiger partial charge in [-0.05, 0) is 29.8 Å². The second-order valence-corrected chi connectivity index (χ2v) is 5.59. The highest BCUT2D eigenvalue weighted by atomic mass is 15.3. The summed E-state index contributed by atoms with van der Waals surface area (Å²) < 4.78 is 1.74. The van der Waals surface area contributed by atoms with E-state index in [1.165, 1.54) is 0 Å². The Morgan fingerprint density at radius 2 is 2.00 bits per heavy atom. The highest BCUT2D eigenvalue weighted by Gasteiger charge is 2.07. The van der Waals surface area contributed by atoms with E-state index in [4.69, 9.17) is 0 Å². The summed E-state index contributed by atoms with van der Waals surface area (Å²) in [5, 5.41) is 14.8. The molecule has 25 heavy (non-hydrogen) atoms. The van der Waals surface area contributed by atoms with Crippen molar-refractivity contribution in [1.29, 1.82) is 0 Å². The lowest BCUT2D eigenvalue weighted by Crippen LogP contribution is -2.13. The van der Waals surface area contributed by atoms with Crippen LogP contribution in [0.25, 0.3) is 17.1 Å². The molecule has 0 aromatic carbocycles. The van der Waals surface area contributed by atoms with Crippen molar-refractivity contribution in [3.8, 4) is 17.1 Å². The van der Waals surface area contributed by atoms with Crippen LogP contribution in [0, 0.1) is 0 Å². The van der Waals surface area contributed by atoms with E-state index in [1.54, 1.807) is 17.1 Å². The molecule has 2 N–H and O–H groups in total. The summed E-state index contributed by atoms with van der Waals surface area (Å²) in [5.74, 6) is 0.808. The van der Waals surface area contributed by atoms with Crippen molar-refractivity contribution in [1.82, 2.24) is 35.3 Å². The zero-order valence-corrected chi connectivity index (χ0v) is 13.5. The number of nitrogens with zero attached hydrogens (tertiary/aromatic N) is 5. The SMILES string of the molecule is c1cncc(-c2[nH]ncc2CNCc2ccc(-n3cccn3)nc2)c1. The quantitative estimate of drug-likeness (QED) is 0.566. The summed E-state index contributed by atoms with van der Waals surface area (Å²) in [6, 6.07) is 9.82. The maximum atomic E-state index is 4.44. The molecule has 0 atom stereocenters. The van der Waals surface area contributed by atoms with E-state index in [9.17, 15) is 0 Å². The fraction of sp³-hybridized carbons (Fsp3) is 0.111. The molecule has 0 amide bonds. The predicted molar refractivity (Wildman–Crippen MR) is 93.7 cm³/mol. The standard InChI is InChI=1S/C18H17N7/c1-3-15(11-19-6-1)18-16(13-22-24-18)12-20-9-14-4-5-17(21-10-14)25-8-2-7-23-25/h1-8,10-11,13,20H,9,12H2,(H,22,24). The second-order valence-electron chi connectivity index (χ2n) is 5.59. The molecule has 4 aromatic rings. The largest absolute Gasteiger partial charge is 0.308 e. The van der Waals surface area contributed by atoms with E-state index < -0.39 is 0 Å². The molecule has 0 unspecified atom stereocenters. The van der Waals surface area contributed by atoms with Crippen molar-refractivity contribution in [2.24, 2.45) is 0 Å². The Balaban J connectivity index is 1.38. The fourth-order valence-electron chi connectivity index (χ4n) is 2.61. The number of hydrogen-bond donors (Lipinski definition) is 2. The zero-order chi connectivity index (χ0) is 16.9. The molecule has 4 heterocycles. The zero-order valence-electron chi connectivity index (χ0n) is 13.5. The second kappa shape index (κ2) is 7.06. The van der Waals surface area contributed by atoms with Gasteiger partial charge in [-0.25, -0.2) is 9.67 Å². The Morgan fingerprint density at radius 3 is 2.76 bits per heavy atom. The Labute approximate surface area is 144 Å². The van der Waals surface area contributed by atoms with Crippen LogP contribution in [0.1, 0.15) is 11.1 Å². The Bertz CT molecular complexity index is 912. The summed E-state index contributed by atoms with van der Waals surface area (Å²) >= 11 is 0. The summed E-state index contributed by atoms with van der Waals surface area (Å²) in [6.07, 6.45) is 10.9. The van der Waals surface area contributed by atoms with Crippen LogP contribution in [0.4, 0.5) is 0 Å². The average molecular weight is 331 g/mol. The topological polar surface area (TPSA) is 84.3 Å². The number of nitrogens with one attached hydrogen (secondary N) is 2. The van der Waals surface area contributed by atoms with Crippen molar-refractivity contribution < 1.29 is 0 Å². The maximum absolute atomic E-state index is 4.44. The molecule has 0 aliphatic heterocycles. The van der Waals surface area contributed by atoms with Gasteiger partial charge in [0.05, 0.1) is 11.9 Å². The number of H-pyrrole nitrogens is 1. The minimum Gasteiger partial charge on any atom is -0.308 e. The van der Waals surface area contributed by atoms with Crippen LogP contribution < -0.4 is 5.32 Å². The van der Waals surface area contributed by atoms with Gasteiger partial charge in [-0.1, -0.05) is 6.07 Å². The molecule has 0 saturated carbocycles. The molecular weight excluding hydrogens is 314 g/mol. The van der Waals surface area contributed by atoms with Crippen molar-refractivity contribution in [3.63, 3.8) is 0 Å². The van der Waals surface area contributed by atoms with Crippen LogP contribution in [0.15, 0.2) is 67.5 Å². The minimum absolute atomic E-state index is 0.710. The van der Waals surface area contributed by atoms with E-state index in [-0.39, 0.29) is 0 Å². The summed E-state index contributed by atoms with van der Waals surface area (Å²) in [4.78, 5) is 8.59. The van der Waals surface area contributed by atoms with Crippen molar-refractivity contribution >= 4 is 0 Å². The third kappa shape index (κ3) is 3.46. The van der Waals surface area contributed by atoms with E-state index in [0.717, 1.165) is 34.7 Å². The van der Waals surface area contributed by atoms with Crippen LogP contribution in [-0.2, 0) is 13.1 Å². The van der Waals surface area contributed by atoms with Gasteiger partial charge in [-0.3, -0.25) is 10.1 Å². The summed E-state index contributed by atoms with van der Waals surface area (Å²) in [6.45, 7) is 1.44. The Hall–Kier alpha value is -3.32. The van der Waals surface area contributed by atoms with Crippen LogP contribution in [0.3, 0.4) is 0 Å². The highest BCUT2D eigenvalue weighted by molar-refractivity contribution is 5.61. The molecule has 0 aliphatic rings. The monoisotopic (exact) mass is 331 g/mol. The molecule has 0 radical (unpaired) electrons. The summed E-state index contributed by atoms with van der Waals surface area (Å²) in [7, 11) is 0. The van der Waals surface area contributed by atoms with Gasteiger partial charge < -0.3 is 5.32 Å². The van der Waals surface area contributed by atoms with E-state index >= 15 is 0 Å². The first kappa shape index (κ1) is 15.2. The summed E-state index contributed by atoms with van der Waals surface area (Å²) in [5.41, 5.74) is 4.24. The first-order valence-corrected chi connectivity index (χ1v) is 7.98. The fourth-order valence-corrected chi connectivity index (χ4v) is 2.61. The molecule has 4 rings (SSSR count). The van der Waals surface area contributed by atoms with Gasteiger partial charge in [-0.15, -0.1) is 0 Å². The van der Waals surface area contributed by atoms with E-state index in [1.807, 2.05) is 49.1 Å². The normalized spacial score (nSPS) is 10.9. The van der Waals surface area contributed by atoms with Crippen LogP contribution >= 0.6 is 0 Å². The first-order valence-electron chi connectivity index (χ1n) is 7.98. The van der Waals surface area contributed by atoms with Gasteiger partial charge in [0, 0.05) is 55.2 Å². The third-order valence-electron chi connectivity index (χ3n) is 3.86. The van der Waals surface area contributed by atoms with Gasteiger partial charge in [0.2, 0.25) is 0 Å². The molecular formula is C18H17N7. The molecule has 0 saturated heterocycles. The minimum atomic E-state index is 0.710. The lowest BCUT2D eigenvalue weighted by Gasteiger charge is -2.07. The van der Waals surface area contributed by atoms with E-state index in [0.29, 0.717) is 6.54 Å². The molecule has 7 heteroatoms. The maximum Gasteiger partial charge on any atom is 0.153 e. The highest BCUT2D eigenvalue weighted by Crippen LogP contribution is 2.19. The number of rotatable bonds is 6. The molecule has 7 nitrogen and oxygen atoms in total. The predicted octanol–water partition coefficient (Wildman–Crippen LogP) is 2.34. The lowest BCUT2D eigenvalue weighted by atomic mass is 10.1. The van der Waals surface area contributed by atoms with Crippen LogP contribution in [-0.4, -0.2) is 29.9 Å². The van der Waals surface area contributed by atoms with Crippen molar-refractivity contribution in [2.45, 2.75) is 13.1 Å². The number of aromatic amines is 1. The van der Waals surface area contributed by atoms with Crippen molar-refractivity contribution in [2.75, 3.05) is 0 Å². The molecule has 0 aliphatic carbocycles. The van der Waals surface area contributed by atoms with Crippen LogP contribution in [0.2, 0.25) is 0 Å². The number of aromatic nitrogens is 6. The smallest absolute Gasteiger partial charge is 0.153 e. The third-order valence-corrected chi connectivity index (χ3v) is 3.86. The molecule has 0 spiro atoms. The van der Waals surface area contributed by atoms with Gasteiger partial charge in [-0.2, -0.15) is 10.2 Å². The van der Waals surface area contributed by atoms with Gasteiger partial charge in [0.25, 0.3) is 0 Å². The number of hydrogen-bond acceptors (Lipinski definition) is 5. The lowest BCUT2D eigenvalue weighted by molar-refractivity contribution is 0.691. The average Bonchev–Trinajstić information content (AvgIpc) is 3.35. The molecule has 4 aromatic heterocycles. The Kier molecular flexibility index (Phi) is 4.30. The van der Waals surface area contributed by atoms with Crippen molar-refractivity contribution in [3.05, 3.63) is 78.6 Å². The van der Waals surface area contributed by atoms with Gasteiger partial charge in [0.1, 0.15) is 0 Å². The molecule has 0 bridgehead atoms. The van der Waals surface area contributed by atoms with Gasteiger partial charge >= 0.3 is 0 Å². The van der Waals surface area contributed by atoms with Crippen LogP contribution in [0.5, 0.6) is 0 Å². The van der Waals surface area contributed by atoms with E-state index in [2.05, 4.69) is 36.6 Å². The Morgan fingerprint density at radius 1 is 1.00 bits per heavy atom. The molecule has 0 fully saturated rings. The van der Waals surface area contributed by atoms with Gasteiger partial charge in [0.15, 0.2) is 5.82 Å². The first-order chi connectivity index (χ1) is 12.4.